The maximum atomic E-state index is 10.7. The third kappa shape index (κ3) is 6.94. The standard InChI is InChI=1S/C9H14O3/c1-4-5-6-11-9(10)12-7-8(2)3/h8H,6-7H2,1-3H3. The van der Waals surface area contributed by atoms with Gasteiger partial charge in [0, 0.05) is 0 Å². The van der Waals surface area contributed by atoms with Crippen molar-refractivity contribution in [3.63, 3.8) is 0 Å². The molecular formula is C9H14O3. The van der Waals surface area contributed by atoms with E-state index >= 15 is 0 Å². The van der Waals surface area contributed by atoms with Gasteiger partial charge in [0.2, 0.25) is 0 Å². The molecule has 0 aromatic rings. The first kappa shape index (κ1) is 10.8. The van der Waals surface area contributed by atoms with Crippen molar-refractivity contribution in [2.75, 3.05) is 13.2 Å². The van der Waals surface area contributed by atoms with Crippen LogP contribution >= 0.6 is 0 Å². The highest BCUT2D eigenvalue weighted by molar-refractivity contribution is 5.60. The second-order valence-corrected chi connectivity index (χ2v) is 2.67. The first-order valence-corrected chi connectivity index (χ1v) is 3.86. The smallest absolute Gasteiger partial charge is 0.434 e. The summed E-state index contributed by atoms with van der Waals surface area (Å²) >= 11 is 0. The summed E-state index contributed by atoms with van der Waals surface area (Å²) < 4.78 is 9.32. The van der Waals surface area contributed by atoms with Crippen molar-refractivity contribution in [2.24, 2.45) is 5.92 Å². The van der Waals surface area contributed by atoms with Gasteiger partial charge >= 0.3 is 6.16 Å². The summed E-state index contributed by atoms with van der Waals surface area (Å²) in [5, 5.41) is 0. The second kappa shape index (κ2) is 6.53. The normalized spacial score (nSPS) is 8.67. The fourth-order valence-electron chi connectivity index (χ4n) is 0.444. The van der Waals surface area contributed by atoms with E-state index in [1.807, 2.05) is 13.8 Å². The van der Waals surface area contributed by atoms with Crippen LogP contribution in [0, 0.1) is 17.8 Å². The third-order valence-corrected chi connectivity index (χ3v) is 0.973. The zero-order valence-electron chi connectivity index (χ0n) is 7.72. The molecule has 0 N–H and O–H groups in total. The van der Waals surface area contributed by atoms with E-state index in [9.17, 15) is 4.79 Å². The van der Waals surface area contributed by atoms with E-state index in [1.54, 1.807) is 6.92 Å². The zero-order chi connectivity index (χ0) is 9.40. The minimum Gasteiger partial charge on any atom is -0.434 e. The molecule has 0 saturated carbocycles. The molecule has 12 heavy (non-hydrogen) atoms. The first-order valence-electron chi connectivity index (χ1n) is 3.86. The SMILES string of the molecule is CC#CCOC(=O)OCC(C)C. The third-order valence-electron chi connectivity index (χ3n) is 0.973. The summed E-state index contributed by atoms with van der Waals surface area (Å²) in [4.78, 5) is 10.7. The second-order valence-electron chi connectivity index (χ2n) is 2.67. The zero-order valence-corrected chi connectivity index (χ0v) is 7.72. The summed E-state index contributed by atoms with van der Waals surface area (Å²) in [7, 11) is 0. The highest BCUT2D eigenvalue weighted by atomic mass is 16.7. The maximum absolute atomic E-state index is 10.7. The lowest BCUT2D eigenvalue weighted by molar-refractivity contribution is 0.0562. The molecule has 0 aliphatic carbocycles. The molecule has 0 aliphatic rings. The monoisotopic (exact) mass is 170 g/mol. The van der Waals surface area contributed by atoms with E-state index in [-0.39, 0.29) is 6.61 Å². The van der Waals surface area contributed by atoms with Crippen LogP contribution in [0.1, 0.15) is 20.8 Å². The predicted molar refractivity (Wildman–Crippen MR) is 45.6 cm³/mol. The average molecular weight is 170 g/mol. The van der Waals surface area contributed by atoms with Gasteiger partial charge in [-0.2, -0.15) is 0 Å². The summed E-state index contributed by atoms with van der Waals surface area (Å²) in [6.45, 7) is 6.09. The highest BCUT2D eigenvalue weighted by Gasteiger charge is 2.03. The molecule has 0 unspecified atom stereocenters. The molecule has 0 spiro atoms. The fourth-order valence-corrected chi connectivity index (χ4v) is 0.444. The minimum absolute atomic E-state index is 0.105. The summed E-state index contributed by atoms with van der Waals surface area (Å²) in [6, 6.07) is 0. The Balaban J connectivity index is 3.38. The summed E-state index contributed by atoms with van der Waals surface area (Å²) in [6.07, 6.45) is -0.647. The average Bonchev–Trinajstić information content (AvgIpc) is 2.01. The van der Waals surface area contributed by atoms with Crippen molar-refractivity contribution in [3.8, 4) is 11.8 Å². The van der Waals surface area contributed by atoms with Crippen LogP contribution in [0.5, 0.6) is 0 Å². The molecule has 0 rings (SSSR count). The lowest BCUT2D eigenvalue weighted by atomic mass is 10.2. The van der Waals surface area contributed by atoms with Crippen LogP contribution in [0.2, 0.25) is 0 Å². The quantitative estimate of drug-likeness (QED) is 0.478. The number of hydrogen-bond donors (Lipinski definition) is 0. The van der Waals surface area contributed by atoms with Gasteiger partial charge in [-0.15, -0.1) is 5.92 Å². The molecule has 0 aromatic heterocycles. The van der Waals surface area contributed by atoms with Gasteiger partial charge in [-0.25, -0.2) is 4.79 Å². The van der Waals surface area contributed by atoms with Crippen molar-refractivity contribution in [2.45, 2.75) is 20.8 Å². The van der Waals surface area contributed by atoms with E-state index in [2.05, 4.69) is 16.6 Å². The lowest BCUT2D eigenvalue weighted by Crippen LogP contribution is -2.11. The van der Waals surface area contributed by atoms with Gasteiger partial charge in [-0.05, 0) is 12.8 Å². The Kier molecular flexibility index (Phi) is 5.90. The van der Waals surface area contributed by atoms with Crippen molar-refractivity contribution in [1.82, 2.24) is 0 Å². The number of carbonyl (C=O) groups excluding carboxylic acids is 1. The van der Waals surface area contributed by atoms with Crippen molar-refractivity contribution < 1.29 is 14.3 Å². The largest absolute Gasteiger partial charge is 0.509 e. The number of hydrogen-bond acceptors (Lipinski definition) is 3. The van der Waals surface area contributed by atoms with Gasteiger partial charge in [0.1, 0.15) is 0 Å². The topological polar surface area (TPSA) is 35.5 Å². The van der Waals surface area contributed by atoms with E-state index < -0.39 is 6.16 Å². The number of ether oxygens (including phenoxy) is 2. The van der Waals surface area contributed by atoms with E-state index in [0.29, 0.717) is 12.5 Å². The Morgan fingerprint density at radius 2 is 2.08 bits per heavy atom. The Bertz CT molecular complexity index is 186. The predicted octanol–water partition coefficient (Wildman–Crippen LogP) is 1.82. The Labute approximate surface area is 73.0 Å². The van der Waals surface area contributed by atoms with Crippen molar-refractivity contribution in [1.29, 1.82) is 0 Å². The molecule has 0 bridgehead atoms. The van der Waals surface area contributed by atoms with E-state index in [0.717, 1.165) is 0 Å². The Morgan fingerprint density at radius 1 is 1.42 bits per heavy atom. The summed E-state index contributed by atoms with van der Waals surface area (Å²) in [5.41, 5.74) is 0. The van der Waals surface area contributed by atoms with Gasteiger partial charge in [-0.3, -0.25) is 0 Å². The Morgan fingerprint density at radius 3 is 2.58 bits per heavy atom. The van der Waals surface area contributed by atoms with Gasteiger partial charge in [0.25, 0.3) is 0 Å². The number of carbonyl (C=O) groups is 1. The van der Waals surface area contributed by atoms with Crippen LogP contribution in [0.3, 0.4) is 0 Å². The molecule has 3 heteroatoms. The number of rotatable bonds is 3. The minimum atomic E-state index is -0.647. The molecule has 0 radical (unpaired) electrons. The maximum Gasteiger partial charge on any atom is 0.509 e. The fraction of sp³-hybridized carbons (Fsp3) is 0.667. The van der Waals surface area contributed by atoms with E-state index in [1.165, 1.54) is 0 Å². The van der Waals surface area contributed by atoms with Crippen LogP contribution in [0.25, 0.3) is 0 Å². The first-order chi connectivity index (χ1) is 5.66. The molecule has 0 atom stereocenters. The van der Waals surface area contributed by atoms with Crippen LogP contribution in [-0.4, -0.2) is 19.4 Å². The molecule has 0 amide bonds. The van der Waals surface area contributed by atoms with E-state index in [4.69, 9.17) is 4.74 Å². The van der Waals surface area contributed by atoms with Gasteiger partial charge < -0.3 is 9.47 Å². The van der Waals surface area contributed by atoms with Gasteiger partial charge in [0.05, 0.1) is 6.61 Å². The van der Waals surface area contributed by atoms with Crippen molar-refractivity contribution >= 4 is 6.16 Å². The van der Waals surface area contributed by atoms with Gasteiger partial charge in [-0.1, -0.05) is 19.8 Å². The highest BCUT2D eigenvalue weighted by Crippen LogP contribution is 1.94. The van der Waals surface area contributed by atoms with Crippen LogP contribution in [0.4, 0.5) is 4.79 Å². The molecule has 0 heterocycles. The molecule has 68 valence electrons. The molecular weight excluding hydrogens is 156 g/mol. The molecule has 0 saturated heterocycles. The lowest BCUT2D eigenvalue weighted by Gasteiger charge is -2.05. The van der Waals surface area contributed by atoms with Crippen LogP contribution in [0.15, 0.2) is 0 Å². The molecule has 0 aromatic carbocycles. The Hall–Kier alpha value is -1.17. The molecule has 0 fully saturated rings. The van der Waals surface area contributed by atoms with Gasteiger partial charge in [0.15, 0.2) is 6.61 Å². The van der Waals surface area contributed by atoms with Crippen LogP contribution in [-0.2, 0) is 9.47 Å². The molecule has 0 aliphatic heterocycles. The summed E-state index contributed by atoms with van der Waals surface area (Å²) in [5.74, 6) is 5.53. The van der Waals surface area contributed by atoms with Crippen LogP contribution < -0.4 is 0 Å². The molecule has 3 nitrogen and oxygen atoms in total. The van der Waals surface area contributed by atoms with Crippen molar-refractivity contribution in [3.05, 3.63) is 0 Å².